The summed E-state index contributed by atoms with van der Waals surface area (Å²) >= 11 is 6.44. The Labute approximate surface area is 223 Å². The molecule has 0 bridgehead atoms. The molecule has 204 valence electrons. The molecule has 13 heteroatoms. The van der Waals surface area contributed by atoms with Gasteiger partial charge in [0.2, 0.25) is 11.8 Å². The van der Waals surface area contributed by atoms with Gasteiger partial charge in [0.15, 0.2) is 0 Å². The van der Waals surface area contributed by atoms with Crippen molar-refractivity contribution in [3.63, 3.8) is 0 Å². The van der Waals surface area contributed by atoms with E-state index in [0.717, 1.165) is 11.0 Å². The van der Waals surface area contributed by atoms with Crippen LogP contribution in [0.4, 0.5) is 18.9 Å². The van der Waals surface area contributed by atoms with E-state index in [-0.39, 0.29) is 35.8 Å². The first kappa shape index (κ1) is 26.9. The van der Waals surface area contributed by atoms with Gasteiger partial charge in [-0.1, -0.05) is 35.9 Å². The normalized spacial score (nSPS) is 22.5. The molecule has 2 amide bonds. The molecule has 8 nitrogen and oxygen atoms in total. The van der Waals surface area contributed by atoms with E-state index >= 15 is 0 Å². The highest BCUT2D eigenvalue weighted by molar-refractivity contribution is 7.87. The van der Waals surface area contributed by atoms with Crippen LogP contribution in [-0.4, -0.2) is 67.0 Å². The molecule has 5 rings (SSSR count). The molecule has 3 fully saturated rings. The zero-order valence-electron chi connectivity index (χ0n) is 20.2. The second kappa shape index (κ2) is 10.1. The Morgan fingerprint density at radius 2 is 1.76 bits per heavy atom. The zero-order valence-corrected chi connectivity index (χ0v) is 21.8. The van der Waals surface area contributed by atoms with Gasteiger partial charge in [0, 0.05) is 61.3 Å². The third kappa shape index (κ3) is 5.40. The minimum absolute atomic E-state index is 0.0567. The zero-order chi connectivity index (χ0) is 27.2. The SMILES string of the molecule is O=C(NC1CC(F)(F)C1)[C@H](c1ccccc1Cl)N(C(=O)C1CCN(S(=O)(=O)N2CC2)C1)c1cccc(F)c1. The van der Waals surface area contributed by atoms with E-state index in [0.29, 0.717) is 13.1 Å². The highest BCUT2D eigenvalue weighted by Crippen LogP contribution is 2.39. The average molecular weight is 571 g/mol. The summed E-state index contributed by atoms with van der Waals surface area (Å²) in [7, 11) is -3.68. The first-order valence-corrected chi connectivity index (χ1v) is 14.0. The quantitative estimate of drug-likeness (QED) is 0.493. The topological polar surface area (TPSA) is 89.8 Å². The first-order valence-electron chi connectivity index (χ1n) is 12.2. The number of hydrogen-bond acceptors (Lipinski definition) is 4. The van der Waals surface area contributed by atoms with Crippen LogP contribution in [0.3, 0.4) is 0 Å². The van der Waals surface area contributed by atoms with E-state index in [1.807, 2.05) is 0 Å². The summed E-state index contributed by atoms with van der Waals surface area (Å²) in [6.07, 6.45) is -0.870. The van der Waals surface area contributed by atoms with Crippen LogP contribution < -0.4 is 10.2 Å². The fraction of sp³-hybridized carbons (Fsp3) is 0.440. The molecule has 2 aromatic carbocycles. The molecule has 0 radical (unpaired) electrons. The number of alkyl halides is 2. The van der Waals surface area contributed by atoms with E-state index < -0.39 is 64.6 Å². The van der Waals surface area contributed by atoms with Gasteiger partial charge in [-0.2, -0.15) is 17.0 Å². The van der Waals surface area contributed by atoms with Crippen LogP contribution in [0.1, 0.15) is 30.9 Å². The van der Waals surface area contributed by atoms with Crippen molar-refractivity contribution in [3.05, 3.63) is 64.9 Å². The van der Waals surface area contributed by atoms with Gasteiger partial charge in [0.05, 0.1) is 5.92 Å². The maximum absolute atomic E-state index is 14.3. The third-order valence-electron chi connectivity index (χ3n) is 7.03. The van der Waals surface area contributed by atoms with Crippen molar-refractivity contribution >= 4 is 39.3 Å². The summed E-state index contributed by atoms with van der Waals surface area (Å²) in [5, 5.41) is 2.74. The second-order valence-electron chi connectivity index (χ2n) is 9.83. The molecule has 1 N–H and O–H groups in total. The molecule has 38 heavy (non-hydrogen) atoms. The van der Waals surface area contributed by atoms with Crippen molar-refractivity contribution in [2.75, 3.05) is 31.1 Å². The van der Waals surface area contributed by atoms with E-state index in [9.17, 15) is 31.2 Å². The van der Waals surface area contributed by atoms with Crippen molar-refractivity contribution in [2.24, 2.45) is 5.92 Å². The number of amides is 2. The number of nitrogens with zero attached hydrogens (tertiary/aromatic N) is 3. The van der Waals surface area contributed by atoms with E-state index in [1.54, 1.807) is 12.1 Å². The van der Waals surface area contributed by atoms with Gasteiger partial charge in [-0.25, -0.2) is 13.2 Å². The third-order valence-corrected chi connectivity index (χ3v) is 9.37. The van der Waals surface area contributed by atoms with Gasteiger partial charge >= 0.3 is 0 Å². The number of carbonyl (C=O) groups excluding carboxylic acids is 2. The molecular weight excluding hydrogens is 545 g/mol. The Morgan fingerprint density at radius 3 is 2.39 bits per heavy atom. The van der Waals surface area contributed by atoms with Gasteiger partial charge in [0.1, 0.15) is 11.9 Å². The smallest absolute Gasteiger partial charge is 0.282 e. The molecule has 2 aromatic rings. The van der Waals surface area contributed by atoms with E-state index in [1.165, 1.54) is 38.9 Å². The van der Waals surface area contributed by atoms with Crippen LogP contribution >= 0.6 is 11.6 Å². The Bertz CT molecular complexity index is 1350. The molecule has 1 unspecified atom stereocenters. The molecule has 2 atom stereocenters. The van der Waals surface area contributed by atoms with Crippen LogP contribution in [0.5, 0.6) is 0 Å². The summed E-state index contributed by atoms with van der Waals surface area (Å²) in [5.41, 5.74) is 0.281. The first-order chi connectivity index (χ1) is 18.0. The standard InChI is InChI=1S/C25H26ClF3N4O4S/c26-21-7-2-1-6-20(21)22(23(34)30-18-13-25(28,29)14-18)33(19-5-3-4-17(27)12-19)24(35)16-8-9-32(15-16)38(36,37)31-10-11-31/h1-7,12,16,18,22H,8-11,13-15H2,(H,30,34)/t16?,22-/m0/s1. The van der Waals surface area contributed by atoms with Crippen molar-refractivity contribution in [3.8, 4) is 0 Å². The number of benzene rings is 2. The van der Waals surface area contributed by atoms with Crippen LogP contribution in [0.2, 0.25) is 5.02 Å². The Kier molecular flexibility index (Phi) is 7.18. The molecule has 2 aliphatic heterocycles. The predicted molar refractivity (Wildman–Crippen MR) is 134 cm³/mol. The van der Waals surface area contributed by atoms with Crippen LogP contribution in [0, 0.1) is 11.7 Å². The number of anilines is 1. The Hall–Kier alpha value is -2.67. The lowest BCUT2D eigenvalue weighted by atomic mass is 9.87. The van der Waals surface area contributed by atoms with Crippen molar-refractivity contribution < 1.29 is 31.2 Å². The summed E-state index contributed by atoms with van der Waals surface area (Å²) in [6.45, 7) is 0.852. The predicted octanol–water partition coefficient (Wildman–Crippen LogP) is 3.35. The molecular formula is C25H26ClF3N4O4S. The largest absolute Gasteiger partial charge is 0.351 e. The van der Waals surface area contributed by atoms with Crippen molar-refractivity contribution in [1.29, 1.82) is 0 Å². The van der Waals surface area contributed by atoms with Gasteiger partial charge in [-0.3, -0.25) is 14.5 Å². The van der Waals surface area contributed by atoms with Crippen molar-refractivity contribution in [1.82, 2.24) is 13.9 Å². The summed E-state index contributed by atoms with van der Waals surface area (Å²) < 4.78 is 69.2. The van der Waals surface area contributed by atoms with Crippen molar-refractivity contribution in [2.45, 2.75) is 37.3 Å². The fourth-order valence-electron chi connectivity index (χ4n) is 4.94. The highest BCUT2D eigenvalue weighted by atomic mass is 35.5. The summed E-state index contributed by atoms with van der Waals surface area (Å²) in [5.74, 6) is -5.71. The Morgan fingerprint density at radius 1 is 1.05 bits per heavy atom. The van der Waals surface area contributed by atoms with Gasteiger partial charge in [0.25, 0.3) is 16.1 Å². The minimum Gasteiger partial charge on any atom is -0.351 e. The molecule has 1 aliphatic carbocycles. The van der Waals surface area contributed by atoms with Gasteiger partial charge < -0.3 is 5.32 Å². The average Bonchev–Trinajstić information content (AvgIpc) is 3.58. The van der Waals surface area contributed by atoms with Crippen LogP contribution in [0.15, 0.2) is 48.5 Å². The van der Waals surface area contributed by atoms with E-state index in [4.69, 9.17) is 11.6 Å². The maximum atomic E-state index is 14.3. The second-order valence-corrected chi connectivity index (χ2v) is 12.2. The lowest BCUT2D eigenvalue weighted by Crippen LogP contribution is -2.54. The van der Waals surface area contributed by atoms with Gasteiger partial charge in [-0.15, -0.1) is 0 Å². The maximum Gasteiger partial charge on any atom is 0.282 e. The highest BCUT2D eigenvalue weighted by Gasteiger charge is 2.48. The summed E-state index contributed by atoms with van der Waals surface area (Å²) in [4.78, 5) is 28.8. The van der Waals surface area contributed by atoms with Gasteiger partial charge in [-0.05, 0) is 30.7 Å². The number of nitrogens with one attached hydrogen (secondary N) is 1. The molecule has 3 aliphatic rings. The van der Waals surface area contributed by atoms with Crippen LogP contribution in [0.25, 0.3) is 0 Å². The fourth-order valence-corrected chi connectivity index (χ4v) is 6.75. The number of halogens is 4. The molecule has 0 spiro atoms. The lowest BCUT2D eigenvalue weighted by Gasteiger charge is -2.38. The molecule has 2 heterocycles. The molecule has 2 saturated heterocycles. The van der Waals surface area contributed by atoms with Crippen LogP contribution in [-0.2, 0) is 19.8 Å². The summed E-state index contributed by atoms with van der Waals surface area (Å²) in [6, 6.07) is 9.20. The number of carbonyl (C=O) groups is 2. The monoisotopic (exact) mass is 570 g/mol. The minimum atomic E-state index is -3.68. The lowest BCUT2D eigenvalue weighted by molar-refractivity contribution is -0.133. The molecule has 0 aromatic heterocycles. The van der Waals surface area contributed by atoms with E-state index in [2.05, 4.69) is 5.32 Å². The number of rotatable bonds is 8. The Balaban J connectivity index is 1.51. The molecule has 1 saturated carbocycles. The number of hydrogen-bond donors (Lipinski definition) is 1.